The van der Waals surface area contributed by atoms with Gasteiger partial charge in [-0.15, -0.1) is 0 Å². The maximum absolute atomic E-state index is 13.9. The van der Waals surface area contributed by atoms with Crippen LogP contribution in [-0.4, -0.2) is 32.4 Å². The molecule has 0 unspecified atom stereocenters. The van der Waals surface area contributed by atoms with Gasteiger partial charge >= 0.3 is 5.97 Å². The highest BCUT2D eigenvalue weighted by Gasteiger charge is 2.24. The van der Waals surface area contributed by atoms with Crippen LogP contribution in [0.5, 0.6) is 0 Å². The highest BCUT2D eigenvalue weighted by atomic mass is 32.2. The lowest BCUT2D eigenvalue weighted by Gasteiger charge is -2.13. The van der Waals surface area contributed by atoms with Crippen molar-refractivity contribution in [3.8, 4) is 16.8 Å². The monoisotopic (exact) mass is 435 g/mol. The standard InChI is InChI=1S/C24H22FN3O2S/c1-3-20(24(29)30-4-2)31-23-21-19(16-9-6-5-7-10-16)14-28(22(21)26-15-27-23)18-12-8-11-17(25)13-18/h5-15,20H,3-4H2,1-2H3/t20-/m1/s1. The van der Waals surface area contributed by atoms with Crippen molar-refractivity contribution in [3.05, 3.63) is 72.9 Å². The van der Waals surface area contributed by atoms with Crippen molar-refractivity contribution < 1.29 is 13.9 Å². The predicted octanol–water partition coefficient (Wildman–Crippen LogP) is 5.66. The maximum Gasteiger partial charge on any atom is 0.319 e. The van der Waals surface area contributed by atoms with E-state index in [2.05, 4.69) is 9.97 Å². The second-order valence-electron chi connectivity index (χ2n) is 6.90. The number of halogens is 1. The van der Waals surface area contributed by atoms with Gasteiger partial charge in [-0.1, -0.05) is 55.1 Å². The molecule has 31 heavy (non-hydrogen) atoms. The van der Waals surface area contributed by atoms with Gasteiger partial charge in [0.05, 0.1) is 12.0 Å². The summed E-state index contributed by atoms with van der Waals surface area (Å²) < 4.78 is 21.0. The van der Waals surface area contributed by atoms with E-state index >= 15 is 0 Å². The van der Waals surface area contributed by atoms with E-state index in [1.807, 2.05) is 54.1 Å². The van der Waals surface area contributed by atoms with E-state index in [9.17, 15) is 9.18 Å². The fourth-order valence-electron chi connectivity index (χ4n) is 3.45. The highest BCUT2D eigenvalue weighted by molar-refractivity contribution is 8.00. The first-order chi connectivity index (χ1) is 15.1. The molecule has 7 heteroatoms. The van der Waals surface area contributed by atoms with Crippen LogP contribution in [0.2, 0.25) is 0 Å². The molecule has 0 aliphatic carbocycles. The van der Waals surface area contributed by atoms with Gasteiger partial charge in [0.15, 0.2) is 0 Å². The Morgan fingerprint density at radius 1 is 1.13 bits per heavy atom. The largest absolute Gasteiger partial charge is 0.465 e. The smallest absolute Gasteiger partial charge is 0.319 e. The third-order valence-corrected chi connectivity index (χ3v) is 6.24. The molecule has 0 fully saturated rings. The second kappa shape index (κ2) is 9.31. The second-order valence-corrected chi connectivity index (χ2v) is 8.09. The summed E-state index contributed by atoms with van der Waals surface area (Å²) in [6.45, 7) is 4.08. The fraction of sp³-hybridized carbons (Fsp3) is 0.208. The molecule has 0 amide bonds. The molecule has 0 spiro atoms. The van der Waals surface area contributed by atoms with Crippen LogP contribution in [0.4, 0.5) is 4.39 Å². The Kier molecular flexibility index (Phi) is 6.32. The summed E-state index contributed by atoms with van der Waals surface area (Å²) in [4.78, 5) is 21.4. The molecule has 4 aromatic rings. The maximum atomic E-state index is 13.9. The van der Waals surface area contributed by atoms with Crippen LogP contribution in [0, 0.1) is 5.82 Å². The van der Waals surface area contributed by atoms with Gasteiger partial charge < -0.3 is 9.30 Å². The van der Waals surface area contributed by atoms with Crippen molar-refractivity contribution >= 4 is 28.8 Å². The van der Waals surface area contributed by atoms with Crippen molar-refractivity contribution in [2.24, 2.45) is 0 Å². The summed E-state index contributed by atoms with van der Waals surface area (Å²) in [5.41, 5.74) is 3.23. The van der Waals surface area contributed by atoms with Gasteiger partial charge in [0.1, 0.15) is 28.1 Å². The van der Waals surface area contributed by atoms with E-state index in [-0.39, 0.29) is 17.0 Å². The molecular formula is C24H22FN3O2S. The van der Waals surface area contributed by atoms with E-state index in [1.54, 1.807) is 13.0 Å². The Morgan fingerprint density at radius 3 is 2.65 bits per heavy atom. The molecule has 2 aromatic carbocycles. The van der Waals surface area contributed by atoms with Gasteiger partial charge in [-0.05, 0) is 37.1 Å². The topological polar surface area (TPSA) is 57.0 Å². The lowest BCUT2D eigenvalue weighted by atomic mass is 10.1. The number of fused-ring (bicyclic) bond motifs is 1. The molecule has 2 heterocycles. The molecule has 0 aliphatic rings. The first kappa shape index (κ1) is 21.1. The molecule has 4 rings (SSSR count). The highest BCUT2D eigenvalue weighted by Crippen LogP contribution is 2.38. The molecule has 1 atom stereocenters. The Hall–Kier alpha value is -3.19. The summed E-state index contributed by atoms with van der Waals surface area (Å²) in [6.07, 6.45) is 4.03. The summed E-state index contributed by atoms with van der Waals surface area (Å²) in [5.74, 6) is -0.579. The van der Waals surface area contributed by atoms with Crippen LogP contribution in [0.25, 0.3) is 27.8 Å². The van der Waals surface area contributed by atoms with Crippen molar-refractivity contribution in [2.45, 2.75) is 30.5 Å². The third-order valence-electron chi connectivity index (χ3n) is 4.89. The van der Waals surface area contributed by atoms with Gasteiger partial charge in [0, 0.05) is 17.4 Å². The van der Waals surface area contributed by atoms with E-state index in [0.29, 0.717) is 29.4 Å². The van der Waals surface area contributed by atoms with Crippen molar-refractivity contribution in [1.29, 1.82) is 0 Å². The van der Waals surface area contributed by atoms with E-state index in [1.165, 1.54) is 30.2 Å². The summed E-state index contributed by atoms with van der Waals surface area (Å²) >= 11 is 1.37. The molecule has 0 saturated carbocycles. The molecular weight excluding hydrogens is 413 g/mol. The Labute approximate surface area is 184 Å². The zero-order valence-electron chi connectivity index (χ0n) is 17.3. The number of rotatable bonds is 7. The molecule has 0 aliphatic heterocycles. The first-order valence-corrected chi connectivity index (χ1v) is 11.0. The zero-order valence-corrected chi connectivity index (χ0v) is 18.1. The number of thioether (sulfide) groups is 1. The van der Waals surface area contributed by atoms with Crippen LogP contribution in [-0.2, 0) is 9.53 Å². The number of benzene rings is 2. The SMILES string of the molecule is CCOC(=O)[C@@H](CC)Sc1ncnc2c1c(-c1ccccc1)cn2-c1cccc(F)c1. The summed E-state index contributed by atoms with van der Waals surface area (Å²) in [7, 11) is 0. The number of hydrogen-bond acceptors (Lipinski definition) is 5. The lowest BCUT2D eigenvalue weighted by molar-refractivity contribution is -0.142. The third kappa shape index (κ3) is 4.32. The molecule has 0 bridgehead atoms. The number of carbonyl (C=O) groups is 1. The van der Waals surface area contributed by atoms with E-state index in [4.69, 9.17) is 4.74 Å². The average Bonchev–Trinajstić information content (AvgIpc) is 3.19. The van der Waals surface area contributed by atoms with Crippen molar-refractivity contribution in [2.75, 3.05) is 6.61 Å². The van der Waals surface area contributed by atoms with E-state index in [0.717, 1.165) is 16.5 Å². The number of aromatic nitrogens is 3. The number of esters is 1. The lowest BCUT2D eigenvalue weighted by Crippen LogP contribution is -2.19. The molecule has 5 nitrogen and oxygen atoms in total. The Bertz CT molecular complexity index is 1210. The molecule has 0 radical (unpaired) electrons. The van der Waals surface area contributed by atoms with E-state index < -0.39 is 0 Å². The molecule has 0 N–H and O–H groups in total. The minimum absolute atomic E-state index is 0.257. The minimum Gasteiger partial charge on any atom is -0.465 e. The van der Waals surface area contributed by atoms with Gasteiger partial charge in [0.2, 0.25) is 0 Å². The van der Waals surface area contributed by atoms with Crippen molar-refractivity contribution in [3.63, 3.8) is 0 Å². The average molecular weight is 436 g/mol. The van der Waals surface area contributed by atoms with Crippen LogP contribution >= 0.6 is 11.8 Å². The predicted molar refractivity (Wildman–Crippen MR) is 121 cm³/mol. The zero-order chi connectivity index (χ0) is 21.8. The first-order valence-electron chi connectivity index (χ1n) is 10.1. The molecule has 2 aromatic heterocycles. The van der Waals surface area contributed by atoms with Crippen LogP contribution in [0.15, 0.2) is 72.1 Å². The van der Waals surface area contributed by atoms with Gasteiger partial charge in [-0.3, -0.25) is 4.79 Å². The fourth-order valence-corrected chi connectivity index (χ4v) is 4.48. The quantitative estimate of drug-likeness (QED) is 0.213. The van der Waals surface area contributed by atoms with Crippen LogP contribution in [0.1, 0.15) is 20.3 Å². The normalized spacial score (nSPS) is 12.1. The summed E-state index contributed by atoms with van der Waals surface area (Å²) in [6, 6.07) is 16.3. The van der Waals surface area contributed by atoms with Gasteiger partial charge in [0.25, 0.3) is 0 Å². The summed E-state index contributed by atoms with van der Waals surface area (Å²) in [5, 5.41) is 1.14. The van der Waals surface area contributed by atoms with Crippen LogP contribution < -0.4 is 0 Å². The number of carbonyl (C=O) groups excluding carboxylic acids is 1. The number of hydrogen-bond donors (Lipinski definition) is 0. The Morgan fingerprint density at radius 2 is 1.94 bits per heavy atom. The van der Waals surface area contributed by atoms with Gasteiger partial charge in [-0.2, -0.15) is 0 Å². The molecule has 158 valence electrons. The Balaban J connectivity index is 1.91. The number of ether oxygens (including phenoxy) is 1. The van der Waals surface area contributed by atoms with Crippen LogP contribution in [0.3, 0.4) is 0 Å². The minimum atomic E-state index is -0.376. The van der Waals surface area contributed by atoms with Crippen molar-refractivity contribution in [1.82, 2.24) is 14.5 Å². The number of nitrogens with zero attached hydrogens (tertiary/aromatic N) is 3. The van der Waals surface area contributed by atoms with Gasteiger partial charge in [-0.25, -0.2) is 14.4 Å². The molecule has 0 saturated heterocycles.